The van der Waals surface area contributed by atoms with E-state index in [0.29, 0.717) is 12.8 Å². The van der Waals surface area contributed by atoms with E-state index in [1.54, 1.807) is 6.92 Å². The summed E-state index contributed by atoms with van der Waals surface area (Å²) in [7, 11) is 0. The first kappa shape index (κ1) is 27.3. The second-order valence-electron chi connectivity index (χ2n) is 8.79. The van der Waals surface area contributed by atoms with Gasteiger partial charge in [-0.25, -0.2) is 14.5 Å². The third-order valence-electron chi connectivity index (χ3n) is 6.17. The predicted octanol–water partition coefficient (Wildman–Crippen LogP) is 3.48. The van der Waals surface area contributed by atoms with Crippen molar-refractivity contribution >= 4 is 23.9 Å². The van der Waals surface area contributed by atoms with Gasteiger partial charge in [0, 0.05) is 6.54 Å². The van der Waals surface area contributed by atoms with E-state index in [4.69, 9.17) is 0 Å². The lowest BCUT2D eigenvalue weighted by Gasteiger charge is -2.27. The van der Waals surface area contributed by atoms with Gasteiger partial charge in [-0.3, -0.25) is 14.9 Å². The molecule has 0 saturated carbocycles. The van der Waals surface area contributed by atoms with Gasteiger partial charge in [0.05, 0.1) is 12.6 Å². The Balaban J connectivity index is 2.06. The van der Waals surface area contributed by atoms with Crippen molar-refractivity contribution in [2.24, 2.45) is 0 Å². The molecule has 1 saturated heterocycles. The zero-order valence-corrected chi connectivity index (χ0v) is 20.1. The molecule has 0 bridgehead atoms. The molecule has 0 radical (unpaired) electrons. The summed E-state index contributed by atoms with van der Waals surface area (Å²) >= 11 is 0. The number of carboxylic acids is 2. The quantitative estimate of drug-likeness (QED) is 0.331. The van der Waals surface area contributed by atoms with Gasteiger partial charge < -0.3 is 15.1 Å². The lowest BCUT2D eigenvalue weighted by Crippen LogP contribution is -2.55. The fraction of sp³-hybridized carbons (Fsp3) is 0.600. The van der Waals surface area contributed by atoms with Crippen LogP contribution in [0, 0.1) is 0 Å². The number of carbonyl (C=O) groups is 4. The number of unbranched alkanes of at least 4 members (excludes halogenated alkanes) is 5. The number of hydrogen-bond donors (Lipinski definition) is 3. The Hall–Kier alpha value is -2.94. The van der Waals surface area contributed by atoms with Crippen molar-refractivity contribution < 1.29 is 29.4 Å². The molecule has 3 atom stereocenters. The Morgan fingerprint density at radius 3 is 2.24 bits per heavy atom. The van der Waals surface area contributed by atoms with Gasteiger partial charge in [0.1, 0.15) is 6.04 Å². The predicted molar refractivity (Wildman–Crippen MR) is 127 cm³/mol. The zero-order chi connectivity index (χ0) is 25.1. The SMILES string of the molecule is CCCCCCCC[C@H](N[C@@H](CC)C(=O)N1C(=O)N(Cc2ccccc2)C[C@H]1C(=O)O)C(=O)O. The number of nitrogens with zero attached hydrogens (tertiary/aromatic N) is 2. The number of carboxylic acid groups (broad SMARTS) is 2. The molecule has 0 unspecified atom stereocenters. The van der Waals surface area contributed by atoms with Crippen LogP contribution in [-0.4, -0.2) is 68.6 Å². The molecule has 3 N–H and O–H groups in total. The molecule has 188 valence electrons. The van der Waals surface area contributed by atoms with E-state index >= 15 is 0 Å². The van der Waals surface area contributed by atoms with Crippen LogP contribution >= 0.6 is 0 Å². The molecule has 1 fully saturated rings. The maximum atomic E-state index is 13.3. The first-order valence-corrected chi connectivity index (χ1v) is 12.2. The Morgan fingerprint density at radius 2 is 1.65 bits per heavy atom. The average molecular weight is 476 g/mol. The Labute approximate surface area is 201 Å². The van der Waals surface area contributed by atoms with Crippen LogP contribution in [0.4, 0.5) is 4.79 Å². The molecule has 1 aromatic rings. The van der Waals surface area contributed by atoms with E-state index in [1.165, 1.54) is 4.90 Å². The van der Waals surface area contributed by atoms with Crippen molar-refractivity contribution in [2.45, 2.75) is 89.9 Å². The molecule has 1 aromatic carbocycles. The second kappa shape index (κ2) is 13.7. The molecule has 9 nitrogen and oxygen atoms in total. The van der Waals surface area contributed by atoms with E-state index < -0.39 is 42.0 Å². The molecule has 0 aromatic heterocycles. The Kier molecular flexibility index (Phi) is 11.0. The van der Waals surface area contributed by atoms with Gasteiger partial charge in [0.2, 0.25) is 5.91 Å². The standard InChI is InChI=1S/C25H37N3O6/c1-3-5-6-7-8-12-15-20(23(30)31)26-19(4-2)22(29)28-21(24(32)33)17-27(25(28)34)16-18-13-10-9-11-14-18/h9-11,13-14,19-21,26H,3-8,12,15-17H2,1-2H3,(H,30,31)(H,32,33)/t19-,20-,21-/m0/s1. The number of nitrogens with one attached hydrogen (secondary N) is 1. The lowest BCUT2D eigenvalue weighted by molar-refractivity contribution is -0.147. The minimum atomic E-state index is -1.32. The normalized spacial score (nSPS) is 17.6. The van der Waals surface area contributed by atoms with Gasteiger partial charge in [0.25, 0.3) is 0 Å². The van der Waals surface area contributed by atoms with Crippen molar-refractivity contribution in [2.75, 3.05) is 6.54 Å². The topological polar surface area (TPSA) is 127 Å². The van der Waals surface area contributed by atoms with E-state index in [9.17, 15) is 29.4 Å². The summed E-state index contributed by atoms with van der Waals surface area (Å²) in [5.41, 5.74) is 0.823. The number of amides is 3. The monoisotopic (exact) mass is 475 g/mol. The van der Waals surface area contributed by atoms with Crippen LogP contribution in [-0.2, 0) is 20.9 Å². The van der Waals surface area contributed by atoms with Gasteiger partial charge in [-0.05, 0) is 18.4 Å². The van der Waals surface area contributed by atoms with Crippen LogP contribution in [0.25, 0.3) is 0 Å². The number of rotatable bonds is 15. The maximum Gasteiger partial charge on any atom is 0.328 e. The number of hydrogen-bond acceptors (Lipinski definition) is 5. The highest BCUT2D eigenvalue weighted by Gasteiger charge is 2.47. The van der Waals surface area contributed by atoms with Crippen molar-refractivity contribution in [1.82, 2.24) is 15.1 Å². The van der Waals surface area contributed by atoms with Crippen molar-refractivity contribution in [3.63, 3.8) is 0 Å². The summed E-state index contributed by atoms with van der Waals surface area (Å²) in [5, 5.41) is 22.2. The minimum Gasteiger partial charge on any atom is -0.480 e. The minimum absolute atomic E-state index is 0.120. The van der Waals surface area contributed by atoms with Crippen LogP contribution in [0.5, 0.6) is 0 Å². The van der Waals surface area contributed by atoms with Gasteiger partial charge in [-0.15, -0.1) is 0 Å². The van der Waals surface area contributed by atoms with Gasteiger partial charge in [-0.1, -0.05) is 82.7 Å². The Morgan fingerprint density at radius 1 is 1.00 bits per heavy atom. The fourth-order valence-corrected chi connectivity index (χ4v) is 4.21. The third kappa shape index (κ3) is 7.55. The molecule has 0 spiro atoms. The highest BCUT2D eigenvalue weighted by molar-refractivity contribution is 6.03. The molecule has 1 aliphatic rings. The van der Waals surface area contributed by atoms with E-state index in [0.717, 1.165) is 42.6 Å². The molecule has 9 heteroatoms. The molecule has 34 heavy (non-hydrogen) atoms. The molecular weight excluding hydrogens is 438 g/mol. The summed E-state index contributed by atoms with van der Waals surface area (Å²) < 4.78 is 0. The largest absolute Gasteiger partial charge is 0.480 e. The molecule has 1 aliphatic heterocycles. The van der Waals surface area contributed by atoms with Crippen LogP contribution < -0.4 is 5.32 Å². The number of urea groups is 1. The van der Waals surface area contributed by atoms with Gasteiger partial charge in [-0.2, -0.15) is 0 Å². The lowest BCUT2D eigenvalue weighted by atomic mass is 10.0. The molecular formula is C25H37N3O6. The number of imide groups is 1. The van der Waals surface area contributed by atoms with Gasteiger partial charge >= 0.3 is 18.0 Å². The molecule has 0 aliphatic carbocycles. The molecule has 3 amide bonds. The summed E-state index contributed by atoms with van der Waals surface area (Å²) in [6, 6.07) is 5.22. The van der Waals surface area contributed by atoms with Crippen molar-refractivity contribution in [3.8, 4) is 0 Å². The van der Waals surface area contributed by atoms with E-state index in [-0.39, 0.29) is 19.5 Å². The fourth-order valence-electron chi connectivity index (χ4n) is 4.21. The van der Waals surface area contributed by atoms with Crippen LogP contribution in [0.2, 0.25) is 0 Å². The molecule has 2 rings (SSSR count). The summed E-state index contributed by atoms with van der Waals surface area (Å²) in [6.07, 6.45) is 6.66. The smallest absolute Gasteiger partial charge is 0.328 e. The maximum absolute atomic E-state index is 13.3. The van der Waals surface area contributed by atoms with Crippen LogP contribution in [0.15, 0.2) is 30.3 Å². The first-order valence-electron chi connectivity index (χ1n) is 12.2. The van der Waals surface area contributed by atoms with Crippen LogP contribution in [0.3, 0.4) is 0 Å². The first-order chi connectivity index (χ1) is 16.3. The summed E-state index contributed by atoms with van der Waals surface area (Å²) in [6.45, 7) is 3.91. The average Bonchev–Trinajstić information content (AvgIpc) is 3.14. The summed E-state index contributed by atoms with van der Waals surface area (Å²) in [5.74, 6) is -3.04. The van der Waals surface area contributed by atoms with Gasteiger partial charge in [0.15, 0.2) is 6.04 Å². The zero-order valence-electron chi connectivity index (χ0n) is 20.1. The number of aliphatic carboxylic acids is 2. The van der Waals surface area contributed by atoms with Crippen molar-refractivity contribution in [3.05, 3.63) is 35.9 Å². The third-order valence-corrected chi connectivity index (χ3v) is 6.17. The second-order valence-corrected chi connectivity index (χ2v) is 8.79. The van der Waals surface area contributed by atoms with Crippen LogP contribution in [0.1, 0.15) is 70.8 Å². The van der Waals surface area contributed by atoms with E-state index in [2.05, 4.69) is 12.2 Å². The van der Waals surface area contributed by atoms with E-state index in [1.807, 2.05) is 30.3 Å². The van der Waals surface area contributed by atoms with Crippen molar-refractivity contribution in [1.29, 1.82) is 0 Å². The highest BCUT2D eigenvalue weighted by Crippen LogP contribution is 2.21. The Bertz CT molecular complexity index is 831. The highest BCUT2D eigenvalue weighted by atomic mass is 16.4. The summed E-state index contributed by atoms with van der Waals surface area (Å²) in [4.78, 5) is 52.1. The number of benzene rings is 1. The molecule has 1 heterocycles. The number of carbonyl (C=O) groups excluding carboxylic acids is 2.